The van der Waals surface area contributed by atoms with Crippen molar-refractivity contribution in [2.24, 2.45) is 7.05 Å². The third-order valence-electron chi connectivity index (χ3n) is 2.43. The fraction of sp³-hybridized carbons (Fsp3) is 0.250. The van der Waals surface area contributed by atoms with Crippen LogP contribution in [0.25, 0.3) is 11.1 Å². The van der Waals surface area contributed by atoms with E-state index in [9.17, 15) is 10.1 Å². The second-order valence-corrected chi connectivity index (χ2v) is 5.66. The minimum atomic E-state index is -0.375. The number of non-ortho nitro benzene ring substituents is 1. The third kappa shape index (κ3) is 3.33. The van der Waals surface area contributed by atoms with Crippen molar-refractivity contribution in [2.45, 2.75) is 4.90 Å². The number of nitro groups is 1. The lowest BCUT2D eigenvalue weighted by Gasteiger charge is -2.09. The summed E-state index contributed by atoms with van der Waals surface area (Å²) in [5, 5.41) is 15.1. The molecule has 0 spiro atoms. The van der Waals surface area contributed by atoms with Gasteiger partial charge >= 0.3 is 0 Å². The fourth-order valence-corrected chi connectivity index (χ4v) is 2.46. The third-order valence-corrected chi connectivity index (χ3v) is 3.24. The highest BCUT2D eigenvalue weighted by molar-refractivity contribution is 7.97. The van der Waals surface area contributed by atoms with Gasteiger partial charge < -0.3 is 0 Å². The van der Waals surface area contributed by atoms with Crippen LogP contribution in [0.3, 0.4) is 0 Å². The van der Waals surface area contributed by atoms with Gasteiger partial charge in [-0.2, -0.15) is 5.10 Å². The summed E-state index contributed by atoms with van der Waals surface area (Å²) >= 11 is 1.45. The molecule has 0 radical (unpaired) electrons. The molecule has 0 bridgehead atoms. The lowest BCUT2D eigenvalue weighted by atomic mass is 10.1. The Morgan fingerprint density at radius 1 is 1.32 bits per heavy atom. The molecule has 0 saturated carbocycles. The molecular formula is C12H14N4O2S. The summed E-state index contributed by atoms with van der Waals surface area (Å²) in [6.07, 6.45) is 3.53. The van der Waals surface area contributed by atoms with Crippen LogP contribution in [0.1, 0.15) is 0 Å². The average Bonchev–Trinajstić information content (AvgIpc) is 2.74. The molecule has 2 aromatic rings. The van der Waals surface area contributed by atoms with Gasteiger partial charge in [-0.25, -0.2) is 0 Å². The molecule has 0 amide bonds. The van der Waals surface area contributed by atoms with Crippen LogP contribution in [0.15, 0.2) is 35.5 Å². The summed E-state index contributed by atoms with van der Waals surface area (Å²) in [4.78, 5) is 11.4. The van der Waals surface area contributed by atoms with E-state index in [0.29, 0.717) is 0 Å². The number of hydrogen-bond donors (Lipinski definition) is 0. The first-order valence-corrected chi connectivity index (χ1v) is 6.37. The SMILES string of the molecule is CN(C)Sc1cc(-c2cnn(C)c2)cc([N+](=O)[O-])c1. The van der Waals surface area contributed by atoms with Crippen molar-refractivity contribution >= 4 is 17.6 Å². The number of rotatable bonds is 4. The number of nitro benzene ring substituents is 1. The predicted molar refractivity (Wildman–Crippen MR) is 74.8 cm³/mol. The zero-order valence-electron chi connectivity index (χ0n) is 10.9. The van der Waals surface area contributed by atoms with Gasteiger partial charge in [0.1, 0.15) is 0 Å². The molecule has 0 fully saturated rings. The predicted octanol–water partition coefficient (Wildman–Crippen LogP) is 2.56. The molecule has 0 saturated heterocycles. The number of nitrogens with zero attached hydrogens (tertiary/aromatic N) is 4. The lowest BCUT2D eigenvalue weighted by Crippen LogP contribution is -1.99. The average molecular weight is 278 g/mol. The molecule has 19 heavy (non-hydrogen) atoms. The van der Waals surface area contributed by atoms with Gasteiger partial charge in [0.15, 0.2) is 0 Å². The Morgan fingerprint density at radius 2 is 2.05 bits per heavy atom. The Labute approximate surface area is 115 Å². The number of hydrogen-bond acceptors (Lipinski definition) is 5. The minimum absolute atomic E-state index is 0.0886. The summed E-state index contributed by atoms with van der Waals surface area (Å²) < 4.78 is 3.57. The molecule has 0 aliphatic carbocycles. The standard InChI is InChI=1S/C12H14N4O2S/c1-14(2)19-12-5-9(4-11(6-12)16(17)18)10-7-13-15(3)8-10/h4-8H,1-3H3. The van der Waals surface area contributed by atoms with Crippen LogP contribution >= 0.6 is 11.9 Å². The maximum atomic E-state index is 11.0. The minimum Gasteiger partial charge on any atom is -0.275 e. The second-order valence-electron chi connectivity index (χ2n) is 4.28. The maximum absolute atomic E-state index is 11.0. The molecule has 1 heterocycles. The first-order valence-electron chi connectivity index (χ1n) is 5.59. The van der Waals surface area contributed by atoms with Crippen molar-refractivity contribution in [3.05, 3.63) is 40.7 Å². The monoisotopic (exact) mass is 278 g/mol. The Hall–Kier alpha value is -1.86. The molecule has 0 atom stereocenters. The Bertz CT molecular complexity index is 610. The van der Waals surface area contributed by atoms with Crippen molar-refractivity contribution in [1.29, 1.82) is 0 Å². The Kier molecular flexibility index (Phi) is 3.87. The quantitative estimate of drug-likeness (QED) is 0.488. The van der Waals surface area contributed by atoms with Crippen molar-refractivity contribution < 1.29 is 4.92 Å². The van der Waals surface area contributed by atoms with Gasteiger partial charge in [-0.3, -0.25) is 19.1 Å². The normalized spacial score (nSPS) is 10.9. The van der Waals surface area contributed by atoms with E-state index < -0.39 is 0 Å². The molecule has 2 rings (SSSR count). The summed E-state index contributed by atoms with van der Waals surface area (Å²) in [5.74, 6) is 0. The van der Waals surface area contributed by atoms with Crippen LogP contribution in [0.2, 0.25) is 0 Å². The smallest absolute Gasteiger partial charge is 0.271 e. The van der Waals surface area contributed by atoms with E-state index >= 15 is 0 Å². The highest BCUT2D eigenvalue weighted by Gasteiger charge is 2.12. The van der Waals surface area contributed by atoms with Gasteiger partial charge in [0.05, 0.1) is 11.1 Å². The highest BCUT2D eigenvalue weighted by Crippen LogP contribution is 2.31. The first kappa shape index (κ1) is 13.6. The zero-order chi connectivity index (χ0) is 14.0. The molecular weight excluding hydrogens is 264 g/mol. The Morgan fingerprint density at radius 3 is 2.58 bits per heavy atom. The molecule has 6 nitrogen and oxygen atoms in total. The van der Waals surface area contributed by atoms with Crippen LogP contribution in [-0.2, 0) is 7.05 Å². The molecule has 0 unspecified atom stereocenters. The molecule has 0 aliphatic heterocycles. The van der Waals surface area contributed by atoms with E-state index in [2.05, 4.69) is 5.10 Å². The molecule has 1 aromatic carbocycles. The summed E-state index contributed by atoms with van der Waals surface area (Å²) in [6.45, 7) is 0. The van der Waals surface area contributed by atoms with E-state index in [1.54, 1.807) is 23.0 Å². The van der Waals surface area contributed by atoms with Gasteiger partial charge in [-0.1, -0.05) is 0 Å². The van der Waals surface area contributed by atoms with Crippen LogP contribution in [0, 0.1) is 10.1 Å². The second kappa shape index (κ2) is 5.41. The molecule has 1 aromatic heterocycles. The summed E-state index contributed by atoms with van der Waals surface area (Å²) in [5.41, 5.74) is 1.75. The molecule has 100 valence electrons. The van der Waals surface area contributed by atoms with Gasteiger partial charge in [0.25, 0.3) is 5.69 Å². The van der Waals surface area contributed by atoms with Crippen molar-refractivity contribution in [1.82, 2.24) is 14.1 Å². The van der Waals surface area contributed by atoms with Crippen molar-refractivity contribution in [3.63, 3.8) is 0 Å². The summed E-state index contributed by atoms with van der Waals surface area (Å²) in [7, 11) is 5.61. The van der Waals surface area contributed by atoms with Crippen molar-refractivity contribution in [3.8, 4) is 11.1 Å². The lowest BCUT2D eigenvalue weighted by molar-refractivity contribution is -0.385. The molecule has 0 N–H and O–H groups in total. The number of aryl methyl sites for hydroxylation is 1. The van der Waals surface area contributed by atoms with E-state index in [1.165, 1.54) is 11.9 Å². The van der Waals surface area contributed by atoms with E-state index in [0.717, 1.165) is 16.0 Å². The van der Waals surface area contributed by atoms with Crippen LogP contribution in [0.5, 0.6) is 0 Å². The van der Waals surface area contributed by atoms with E-state index in [1.807, 2.05) is 37.7 Å². The Balaban J connectivity index is 2.47. The number of aromatic nitrogens is 2. The largest absolute Gasteiger partial charge is 0.275 e. The van der Waals surface area contributed by atoms with Gasteiger partial charge in [0.2, 0.25) is 0 Å². The zero-order valence-corrected chi connectivity index (χ0v) is 11.7. The van der Waals surface area contributed by atoms with Gasteiger partial charge in [-0.05, 0) is 37.7 Å². The van der Waals surface area contributed by atoms with Crippen LogP contribution < -0.4 is 0 Å². The highest BCUT2D eigenvalue weighted by atomic mass is 32.2. The van der Waals surface area contributed by atoms with E-state index in [-0.39, 0.29) is 10.6 Å². The summed E-state index contributed by atoms with van der Waals surface area (Å²) in [6, 6.07) is 5.07. The van der Waals surface area contributed by atoms with Crippen molar-refractivity contribution in [2.75, 3.05) is 14.1 Å². The van der Waals surface area contributed by atoms with Gasteiger partial charge in [0, 0.05) is 35.8 Å². The van der Waals surface area contributed by atoms with E-state index in [4.69, 9.17) is 0 Å². The maximum Gasteiger partial charge on any atom is 0.271 e. The molecule has 7 heteroatoms. The fourth-order valence-electron chi connectivity index (χ4n) is 1.69. The topological polar surface area (TPSA) is 64.2 Å². The van der Waals surface area contributed by atoms with Crippen LogP contribution in [-0.4, -0.2) is 33.1 Å². The van der Waals surface area contributed by atoms with Gasteiger partial charge in [-0.15, -0.1) is 0 Å². The first-order chi connectivity index (χ1) is 8.95. The number of benzene rings is 1. The molecule has 0 aliphatic rings. The van der Waals surface area contributed by atoms with Crippen LogP contribution in [0.4, 0.5) is 5.69 Å².